The molecule has 2 N–H and O–H groups in total. The Bertz CT molecular complexity index is 322. The summed E-state index contributed by atoms with van der Waals surface area (Å²) < 4.78 is 0. The Hall–Kier alpha value is -1.51. The summed E-state index contributed by atoms with van der Waals surface area (Å²) in [6, 6.07) is 10.1. The van der Waals surface area contributed by atoms with Crippen molar-refractivity contribution in [3.8, 4) is 0 Å². The second kappa shape index (κ2) is 7.71. The second-order valence-corrected chi connectivity index (χ2v) is 4.60. The van der Waals surface area contributed by atoms with Gasteiger partial charge >= 0.3 is 6.03 Å². The number of rotatable bonds is 6. The molecule has 0 saturated carbocycles. The van der Waals surface area contributed by atoms with Gasteiger partial charge in [0.05, 0.1) is 0 Å². The molecule has 3 heteroatoms. The molecule has 0 atom stereocenters. The minimum atomic E-state index is -0.0680. The molecule has 0 aliphatic heterocycles. The molecule has 1 aromatic rings. The first kappa shape index (κ1) is 13.6. The number of carbonyl (C=O) groups is 1. The topological polar surface area (TPSA) is 41.1 Å². The van der Waals surface area contributed by atoms with Crippen LogP contribution in [0.3, 0.4) is 0 Å². The molecule has 0 fully saturated rings. The predicted octanol–water partition coefficient (Wildman–Crippen LogP) is 2.57. The molecular formula is C14H22N2O. The maximum Gasteiger partial charge on any atom is 0.314 e. The Labute approximate surface area is 104 Å². The molecule has 0 aliphatic carbocycles. The fraction of sp³-hybridized carbons (Fsp3) is 0.500. The standard InChI is InChI=1S/C14H22N2O/c1-12(2)8-10-15-14(17)16-11-9-13-6-4-3-5-7-13/h3-7,12H,8-11H2,1-2H3,(H2,15,16,17). The van der Waals surface area contributed by atoms with Gasteiger partial charge in [0.25, 0.3) is 0 Å². The highest BCUT2D eigenvalue weighted by molar-refractivity contribution is 5.73. The molecule has 0 heterocycles. The van der Waals surface area contributed by atoms with E-state index in [2.05, 4.69) is 36.6 Å². The van der Waals surface area contributed by atoms with Gasteiger partial charge in [-0.2, -0.15) is 0 Å². The van der Waals surface area contributed by atoms with Crippen molar-refractivity contribution in [2.24, 2.45) is 5.92 Å². The quantitative estimate of drug-likeness (QED) is 0.780. The van der Waals surface area contributed by atoms with E-state index >= 15 is 0 Å². The highest BCUT2D eigenvalue weighted by Crippen LogP contribution is 1.98. The average molecular weight is 234 g/mol. The third-order valence-electron chi connectivity index (χ3n) is 2.55. The molecule has 3 nitrogen and oxygen atoms in total. The van der Waals surface area contributed by atoms with E-state index in [0.717, 1.165) is 19.4 Å². The fourth-order valence-corrected chi connectivity index (χ4v) is 1.50. The third-order valence-corrected chi connectivity index (χ3v) is 2.55. The summed E-state index contributed by atoms with van der Waals surface area (Å²) >= 11 is 0. The zero-order chi connectivity index (χ0) is 12.5. The van der Waals surface area contributed by atoms with Gasteiger partial charge in [0.15, 0.2) is 0 Å². The van der Waals surface area contributed by atoms with E-state index in [1.54, 1.807) is 0 Å². The molecule has 94 valence electrons. The van der Waals surface area contributed by atoms with Crippen LogP contribution in [0.2, 0.25) is 0 Å². The lowest BCUT2D eigenvalue weighted by Gasteiger charge is -2.08. The first-order chi connectivity index (χ1) is 8.18. The molecule has 1 aromatic carbocycles. The van der Waals surface area contributed by atoms with E-state index in [-0.39, 0.29) is 6.03 Å². The molecule has 0 bridgehead atoms. The summed E-state index contributed by atoms with van der Waals surface area (Å²) in [5.41, 5.74) is 1.25. The monoisotopic (exact) mass is 234 g/mol. The van der Waals surface area contributed by atoms with E-state index in [1.165, 1.54) is 5.56 Å². The van der Waals surface area contributed by atoms with Gasteiger partial charge in [-0.3, -0.25) is 0 Å². The van der Waals surface area contributed by atoms with Crippen LogP contribution < -0.4 is 10.6 Å². The fourth-order valence-electron chi connectivity index (χ4n) is 1.50. The Morgan fingerprint density at radius 2 is 1.76 bits per heavy atom. The molecule has 0 radical (unpaired) electrons. The lowest BCUT2D eigenvalue weighted by molar-refractivity contribution is 0.240. The SMILES string of the molecule is CC(C)CCNC(=O)NCCc1ccccc1. The largest absolute Gasteiger partial charge is 0.338 e. The Morgan fingerprint density at radius 1 is 1.12 bits per heavy atom. The van der Waals surface area contributed by atoms with Gasteiger partial charge in [-0.25, -0.2) is 4.79 Å². The molecule has 1 rings (SSSR count). The zero-order valence-electron chi connectivity index (χ0n) is 10.7. The normalized spacial score (nSPS) is 10.3. The average Bonchev–Trinajstić information content (AvgIpc) is 2.30. The van der Waals surface area contributed by atoms with Crippen LogP contribution in [0.5, 0.6) is 0 Å². The van der Waals surface area contributed by atoms with Crippen molar-refractivity contribution >= 4 is 6.03 Å². The minimum Gasteiger partial charge on any atom is -0.338 e. The van der Waals surface area contributed by atoms with Gasteiger partial charge in [0.1, 0.15) is 0 Å². The van der Waals surface area contributed by atoms with E-state index in [0.29, 0.717) is 12.5 Å². The van der Waals surface area contributed by atoms with Crippen molar-refractivity contribution in [1.82, 2.24) is 10.6 Å². The van der Waals surface area contributed by atoms with Crippen LogP contribution in [-0.2, 0) is 6.42 Å². The summed E-state index contributed by atoms with van der Waals surface area (Å²) in [5.74, 6) is 0.625. The van der Waals surface area contributed by atoms with Gasteiger partial charge in [-0.05, 0) is 24.3 Å². The maximum atomic E-state index is 11.4. The summed E-state index contributed by atoms with van der Waals surface area (Å²) in [6.45, 7) is 5.72. The number of amides is 2. The number of nitrogens with one attached hydrogen (secondary N) is 2. The van der Waals surface area contributed by atoms with Crippen molar-refractivity contribution < 1.29 is 4.79 Å². The molecular weight excluding hydrogens is 212 g/mol. The van der Waals surface area contributed by atoms with Crippen LogP contribution in [0.25, 0.3) is 0 Å². The molecule has 0 unspecified atom stereocenters. The summed E-state index contributed by atoms with van der Waals surface area (Å²) in [5, 5.41) is 5.71. The smallest absolute Gasteiger partial charge is 0.314 e. The Morgan fingerprint density at radius 3 is 2.41 bits per heavy atom. The number of benzene rings is 1. The van der Waals surface area contributed by atoms with E-state index < -0.39 is 0 Å². The van der Waals surface area contributed by atoms with Crippen LogP contribution in [0.4, 0.5) is 4.79 Å². The molecule has 0 saturated heterocycles. The molecule has 0 spiro atoms. The second-order valence-electron chi connectivity index (χ2n) is 4.60. The van der Waals surface area contributed by atoms with Gasteiger partial charge in [-0.15, -0.1) is 0 Å². The molecule has 0 aliphatic rings. The van der Waals surface area contributed by atoms with Crippen LogP contribution in [0.15, 0.2) is 30.3 Å². The summed E-state index contributed by atoms with van der Waals surface area (Å²) in [7, 11) is 0. The third kappa shape index (κ3) is 6.61. The number of urea groups is 1. The zero-order valence-corrected chi connectivity index (χ0v) is 10.7. The van der Waals surface area contributed by atoms with Gasteiger partial charge in [0, 0.05) is 13.1 Å². The van der Waals surface area contributed by atoms with Crippen LogP contribution in [0.1, 0.15) is 25.8 Å². The van der Waals surface area contributed by atoms with Gasteiger partial charge in [-0.1, -0.05) is 44.2 Å². The summed E-state index contributed by atoms with van der Waals surface area (Å²) in [6.07, 6.45) is 1.89. The van der Waals surface area contributed by atoms with E-state index in [9.17, 15) is 4.79 Å². The predicted molar refractivity (Wildman–Crippen MR) is 71.0 cm³/mol. The van der Waals surface area contributed by atoms with Crippen molar-refractivity contribution in [3.63, 3.8) is 0 Å². The molecule has 2 amide bonds. The van der Waals surface area contributed by atoms with E-state index in [1.807, 2.05) is 18.2 Å². The van der Waals surface area contributed by atoms with E-state index in [4.69, 9.17) is 0 Å². The molecule has 0 aromatic heterocycles. The maximum absolute atomic E-state index is 11.4. The lowest BCUT2D eigenvalue weighted by Crippen LogP contribution is -2.37. The van der Waals surface area contributed by atoms with Crippen LogP contribution in [0, 0.1) is 5.92 Å². The van der Waals surface area contributed by atoms with Crippen molar-refractivity contribution in [2.45, 2.75) is 26.7 Å². The first-order valence-electron chi connectivity index (χ1n) is 6.24. The van der Waals surface area contributed by atoms with Crippen molar-refractivity contribution in [3.05, 3.63) is 35.9 Å². The first-order valence-corrected chi connectivity index (χ1v) is 6.24. The summed E-state index contributed by atoms with van der Waals surface area (Å²) in [4.78, 5) is 11.4. The van der Waals surface area contributed by atoms with Crippen molar-refractivity contribution in [1.29, 1.82) is 0 Å². The minimum absolute atomic E-state index is 0.0680. The van der Waals surface area contributed by atoms with Crippen LogP contribution in [-0.4, -0.2) is 19.1 Å². The lowest BCUT2D eigenvalue weighted by atomic mass is 10.1. The van der Waals surface area contributed by atoms with Gasteiger partial charge in [0.2, 0.25) is 0 Å². The molecule has 17 heavy (non-hydrogen) atoms. The van der Waals surface area contributed by atoms with Crippen molar-refractivity contribution in [2.75, 3.05) is 13.1 Å². The number of hydrogen-bond donors (Lipinski definition) is 2. The van der Waals surface area contributed by atoms with Crippen LogP contribution >= 0.6 is 0 Å². The number of hydrogen-bond acceptors (Lipinski definition) is 1. The Kier molecular flexibility index (Phi) is 6.15. The Balaban J connectivity index is 2.08. The highest BCUT2D eigenvalue weighted by atomic mass is 16.2. The number of carbonyl (C=O) groups excluding carboxylic acids is 1. The van der Waals surface area contributed by atoms with Gasteiger partial charge < -0.3 is 10.6 Å². The highest BCUT2D eigenvalue weighted by Gasteiger charge is 2.00.